The normalized spacial score (nSPS) is 13.1. The molecule has 0 spiro atoms. The molecule has 6 heteroatoms. The molecule has 0 N–H and O–H groups in total. The van der Waals surface area contributed by atoms with Crippen molar-refractivity contribution in [2.75, 3.05) is 13.2 Å². The van der Waals surface area contributed by atoms with Gasteiger partial charge in [-0.1, -0.05) is 19.8 Å². The zero-order chi connectivity index (χ0) is 12.7. The van der Waals surface area contributed by atoms with Crippen molar-refractivity contribution < 1.29 is 22.4 Å². The zero-order valence-corrected chi connectivity index (χ0v) is 11.1. The predicted octanol–water partition coefficient (Wildman–Crippen LogP) is 4.43. The lowest BCUT2D eigenvalue weighted by atomic mass is 10.2. The van der Waals surface area contributed by atoms with E-state index in [0.717, 1.165) is 6.42 Å². The molecule has 0 fully saturated rings. The van der Waals surface area contributed by atoms with Crippen molar-refractivity contribution in [2.45, 2.75) is 52.1 Å². The molecule has 0 aromatic carbocycles. The highest BCUT2D eigenvalue weighted by Crippen LogP contribution is 2.63. The van der Waals surface area contributed by atoms with Gasteiger partial charge in [-0.3, -0.25) is 4.57 Å². The van der Waals surface area contributed by atoms with Gasteiger partial charge < -0.3 is 9.05 Å². The van der Waals surface area contributed by atoms with Gasteiger partial charge in [-0.2, -0.15) is 8.78 Å². The van der Waals surface area contributed by atoms with Crippen molar-refractivity contribution >= 4 is 7.60 Å². The second-order valence-electron chi connectivity index (χ2n) is 3.46. The number of rotatable bonds is 9. The average molecular weight is 258 g/mol. The Labute approximate surface area is 96.0 Å². The van der Waals surface area contributed by atoms with Gasteiger partial charge in [0.1, 0.15) is 0 Å². The molecular weight excluding hydrogens is 237 g/mol. The fourth-order valence-corrected chi connectivity index (χ4v) is 2.85. The standard InChI is InChI=1S/C10H21F2O3P/c1-4-7-8-9-10(11,12)16(13,14-5-2)15-6-3/h4-9H2,1-3H3. The van der Waals surface area contributed by atoms with Gasteiger partial charge in [0.05, 0.1) is 13.2 Å². The van der Waals surface area contributed by atoms with Gasteiger partial charge in [-0.05, 0) is 20.3 Å². The van der Waals surface area contributed by atoms with Crippen molar-refractivity contribution in [1.82, 2.24) is 0 Å². The van der Waals surface area contributed by atoms with Crippen LogP contribution in [0.1, 0.15) is 46.5 Å². The van der Waals surface area contributed by atoms with Gasteiger partial charge in [0.15, 0.2) is 0 Å². The van der Waals surface area contributed by atoms with Gasteiger partial charge in [0.2, 0.25) is 0 Å². The largest absolute Gasteiger partial charge is 0.399 e. The van der Waals surface area contributed by atoms with Crippen LogP contribution in [0.2, 0.25) is 0 Å². The van der Waals surface area contributed by atoms with E-state index < -0.39 is 19.7 Å². The highest BCUT2D eigenvalue weighted by molar-refractivity contribution is 7.55. The first-order chi connectivity index (χ1) is 7.43. The Morgan fingerprint density at radius 3 is 1.94 bits per heavy atom. The molecular formula is C10H21F2O3P. The molecule has 0 bridgehead atoms. The Kier molecular flexibility index (Phi) is 7.36. The molecule has 0 rings (SSSR count). The quantitative estimate of drug-likeness (QED) is 0.453. The molecule has 0 aliphatic heterocycles. The highest BCUT2D eigenvalue weighted by atomic mass is 31.2. The number of alkyl halides is 2. The summed E-state index contributed by atoms with van der Waals surface area (Å²) in [5, 5.41) is 0. The monoisotopic (exact) mass is 258 g/mol. The van der Waals surface area contributed by atoms with Crippen molar-refractivity contribution in [1.29, 1.82) is 0 Å². The Bertz CT molecular complexity index is 224. The maximum atomic E-state index is 13.7. The Balaban J connectivity index is 4.54. The Morgan fingerprint density at radius 1 is 1.06 bits per heavy atom. The maximum Gasteiger partial charge on any atom is 0.399 e. The molecule has 0 radical (unpaired) electrons. The molecule has 98 valence electrons. The smallest absolute Gasteiger partial charge is 0.305 e. The minimum atomic E-state index is -4.30. The molecule has 16 heavy (non-hydrogen) atoms. The molecule has 0 saturated heterocycles. The van der Waals surface area contributed by atoms with E-state index in [1.165, 1.54) is 13.8 Å². The molecule has 0 aliphatic rings. The summed E-state index contributed by atoms with van der Waals surface area (Å²) in [7, 11) is -4.30. The molecule has 0 amide bonds. The van der Waals surface area contributed by atoms with Gasteiger partial charge >= 0.3 is 13.3 Å². The molecule has 0 aliphatic carbocycles. The van der Waals surface area contributed by atoms with Gasteiger partial charge in [0, 0.05) is 6.42 Å². The number of unbranched alkanes of at least 4 members (excludes halogenated alkanes) is 2. The van der Waals surface area contributed by atoms with Gasteiger partial charge in [0.25, 0.3) is 0 Å². The molecule has 0 aromatic rings. The van der Waals surface area contributed by atoms with Crippen LogP contribution in [-0.4, -0.2) is 18.9 Å². The summed E-state index contributed by atoms with van der Waals surface area (Å²) >= 11 is 0. The minimum Gasteiger partial charge on any atom is -0.305 e. The maximum absolute atomic E-state index is 13.7. The topological polar surface area (TPSA) is 35.5 Å². The van der Waals surface area contributed by atoms with E-state index >= 15 is 0 Å². The predicted molar refractivity (Wildman–Crippen MR) is 59.9 cm³/mol. The van der Waals surface area contributed by atoms with Crippen LogP contribution in [-0.2, 0) is 13.6 Å². The van der Waals surface area contributed by atoms with Crippen molar-refractivity contribution in [2.24, 2.45) is 0 Å². The van der Waals surface area contributed by atoms with Crippen molar-refractivity contribution in [3.05, 3.63) is 0 Å². The zero-order valence-electron chi connectivity index (χ0n) is 10.2. The van der Waals surface area contributed by atoms with Crippen LogP contribution in [0.25, 0.3) is 0 Å². The third-order valence-corrected chi connectivity index (χ3v) is 4.30. The van der Waals surface area contributed by atoms with Crippen LogP contribution in [0.5, 0.6) is 0 Å². The van der Waals surface area contributed by atoms with Crippen molar-refractivity contribution in [3.63, 3.8) is 0 Å². The van der Waals surface area contributed by atoms with E-state index in [4.69, 9.17) is 0 Å². The first-order valence-electron chi connectivity index (χ1n) is 5.70. The third-order valence-electron chi connectivity index (χ3n) is 2.08. The van der Waals surface area contributed by atoms with Gasteiger partial charge in [-0.15, -0.1) is 0 Å². The first kappa shape index (κ1) is 16.0. The highest BCUT2D eigenvalue weighted by Gasteiger charge is 2.52. The van der Waals surface area contributed by atoms with E-state index in [1.807, 2.05) is 6.92 Å². The van der Waals surface area contributed by atoms with Crippen LogP contribution in [0.4, 0.5) is 8.78 Å². The van der Waals surface area contributed by atoms with Gasteiger partial charge in [-0.25, -0.2) is 0 Å². The number of hydrogen-bond acceptors (Lipinski definition) is 3. The van der Waals surface area contributed by atoms with Crippen LogP contribution in [0, 0.1) is 0 Å². The van der Waals surface area contributed by atoms with Crippen LogP contribution < -0.4 is 0 Å². The molecule has 0 heterocycles. The molecule has 0 saturated carbocycles. The summed E-state index contributed by atoms with van der Waals surface area (Å²) < 4.78 is 48.4. The minimum absolute atomic E-state index is 0.0410. The second kappa shape index (κ2) is 7.36. The molecule has 0 aromatic heterocycles. The lowest BCUT2D eigenvalue weighted by Gasteiger charge is -2.25. The number of halogens is 2. The van der Waals surface area contributed by atoms with E-state index in [-0.39, 0.29) is 13.2 Å². The van der Waals surface area contributed by atoms with Crippen molar-refractivity contribution in [3.8, 4) is 0 Å². The molecule has 0 unspecified atom stereocenters. The summed E-state index contributed by atoms with van der Waals surface area (Å²) in [6.07, 6.45) is 1.41. The summed E-state index contributed by atoms with van der Waals surface area (Å²) in [6, 6.07) is 0. The lowest BCUT2D eigenvalue weighted by Crippen LogP contribution is -2.20. The van der Waals surface area contributed by atoms with E-state index in [0.29, 0.717) is 12.8 Å². The Morgan fingerprint density at radius 2 is 1.56 bits per heavy atom. The van der Waals surface area contributed by atoms with E-state index in [2.05, 4.69) is 9.05 Å². The molecule has 0 atom stereocenters. The fourth-order valence-electron chi connectivity index (χ4n) is 1.29. The number of hydrogen-bond donors (Lipinski definition) is 0. The third kappa shape index (κ3) is 4.48. The Hall–Kier alpha value is 0.01000. The molecule has 3 nitrogen and oxygen atoms in total. The summed E-state index contributed by atoms with van der Waals surface area (Å²) in [6.45, 7) is 4.88. The summed E-state index contributed by atoms with van der Waals surface area (Å²) in [4.78, 5) is 0. The first-order valence-corrected chi connectivity index (χ1v) is 7.24. The van der Waals surface area contributed by atoms with Crippen LogP contribution >= 0.6 is 7.60 Å². The lowest BCUT2D eigenvalue weighted by molar-refractivity contribution is 0.0295. The second-order valence-corrected chi connectivity index (χ2v) is 5.62. The summed E-state index contributed by atoms with van der Waals surface area (Å²) in [5.74, 6) is 0. The van der Waals surface area contributed by atoms with E-state index in [1.54, 1.807) is 0 Å². The van der Waals surface area contributed by atoms with Crippen LogP contribution in [0.15, 0.2) is 0 Å². The summed E-state index contributed by atoms with van der Waals surface area (Å²) in [5.41, 5.74) is -3.38. The average Bonchev–Trinajstić information content (AvgIpc) is 2.18. The van der Waals surface area contributed by atoms with E-state index in [9.17, 15) is 13.3 Å². The van der Waals surface area contributed by atoms with Crippen LogP contribution in [0.3, 0.4) is 0 Å². The SMILES string of the molecule is CCCCCC(F)(F)P(=O)(OCC)OCC. The fraction of sp³-hybridized carbons (Fsp3) is 1.00.